The number of aliphatic hydroxyl groups is 1. The highest BCUT2D eigenvalue weighted by molar-refractivity contribution is 5.06. The van der Waals surface area contributed by atoms with E-state index >= 15 is 0 Å². The Hall–Kier alpha value is -0.120. The molecule has 0 bridgehead atoms. The van der Waals surface area contributed by atoms with Gasteiger partial charge in [0.1, 0.15) is 0 Å². The fourth-order valence-electron chi connectivity index (χ4n) is 2.90. The monoisotopic (exact) mass is 199 g/mol. The van der Waals surface area contributed by atoms with Crippen molar-refractivity contribution >= 4 is 0 Å². The topological polar surface area (TPSA) is 55.5 Å². The molecular formula is C11H21NO2. The molecule has 2 aliphatic rings. The Morgan fingerprint density at radius 2 is 1.64 bits per heavy atom. The minimum Gasteiger partial charge on any atom is -0.388 e. The van der Waals surface area contributed by atoms with Gasteiger partial charge in [-0.15, -0.1) is 0 Å². The first-order chi connectivity index (χ1) is 6.66. The molecule has 0 aromatic heterocycles. The Balaban J connectivity index is 2.11. The van der Waals surface area contributed by atoms with Gasteiger partial charge in [-0.1, -0.05) is 12.8 Å². The Morgan fingerprint density at radius 1 is 0.929 bits per heavy atom. The fraction of sp³-hybridized carbons (Fsp3) is 1.00. The molecule has 2 rings (SSSR count). The van der Waals surface area contributed by atoms with E-state index in [2.05, 4.69) is 0 Å². The predicted molar refractivity (Wildman–Crippen MR) is 55.0 cm³/mol. The summed E-state index contributed by atoms with van der Waals surface area (Å²) < 4.78 is 5.38. The molecule has 0 radical (unpaired) electrons. The SMILES string of the molecule is NC1(C2(O)CCCOCC2)CCCC1. The Bertz CT molecular complexity index is 191. The summed E-state index contributed by atoms with van der Waals surface area (Å²) in [6, 6.07) is 0. The maximum absolute atomic E-state index is 10.6. The van der Waals surface area contributed by atoms with Crippen LogP contribution >= 0.6 is 0 Å². The third-order valence-corrected chi connectivity index (χ3v) is 3.96. The lowest BCUT2D eigenvalue weighted by atomic mass is 9.74. The molecule has 0 aromatic carbocycles. The van der Waals surface area contributed by atoms with E-state index in [9.17, 15) is 5.11 Å². The third kappa shape index (κ3) is 1.69. The molecule has 14 heavy (non-hydrogen) atoms. The zero-order chi connectivity index (χ0) is 10.1. The standard InChI is InChI=1S/C11H21NO2/c12-10(4-1-2-5-10)11(13)6-3-8-14-9-7-11/h13H,1-9,12H2. The van der Waals surface area contributed by atoms with Gasteiger partial charge in [-0.25, -0.2) is 0 Å². The van der Waals surface area contributed by atoms with Gasteiger partial charge in [0, 0.05) is 25.2 Å². The van der Waals surface area contributed by atoms with Gasteiger partial charge in [0.15, 0.2) is 0 Å². The van der Waals surface area contributed by atoms with Crippen LogP contribution in [0, 0.1) is 0 Å². The molecular weight excluding hydrogens is 178 g/mol. The second-order valence-electron chi connectivity index (χ2n) is 4.86. The molecule has 0 aromatic rings. The molecule has 3 N–H and O–H groups in total. The highest BCUT2D eigenvalue weighted by atomic mass is 16.5. The van der Waals surface area contributed by atoms with Crippen LogP contribution in [-0.2, 0) is 4.74 Å². The first kappa shape index (κ1) is 10.4. The minimum absolute atomic E-state index is 0.333. The summed E-state index contributed by atoms with van der Waals surface area (Å²) in [7, 11) is 0. The zero-order valence-corrected chi connectivity index (χ0v) is 8.80. The van der Waals surface area contributed by atoms with Gasteiger partial charge in [-0.2, -0.15) is 0 Å². The molecule has 0 spiro atoms. The molecule has 3 nitrogen and oxygen atoms in total. The van der Waals surface area contributed by atoms with E-state index in [1.165, 1.54) is 12.8 Å². The summed E-state index contributed by atoms with van der Waals surface area (Å²) >= 11 is 0. The van der Waals surface area contributed by atoms with Crippen molar-refractivity contribution in [1.29, 1.82) is 0 Å². The highest BCUT2D eigenvalue weighted by Crippen LogP contribution is 2.41. The van der Waals surface area contributed by atoms with E-state index in [1.807, 2.05) is 0 Å². The summed E-state index contributed by atoms with van der Waals surface area (Å²) in [5, 5.41) is 10.6. The molecule has 0 amide bonds. The smallest absolute Gasteiger partial charge is 0.0849 e. The number of nitrogens with two attached hydrogens (primary N) is 1. The van der Waals surface area contributed by atoms with Gasteiger partial charge in [0.2, 0.25) is 0 Å². The van der Waals surface area contributed by atoms with Crippen molar-refractivity contribution in [3.8, 4) is 0 Å². The van der Waals surface area contributed by atoms with E-state index in [4.69, 9.17) is 10.5 Å². The average molecular weight is 199 g/mol. The van der Waals surface area contributed by atoms with Gasteiger partial charge in [0.25, 0.3) is 0 Å². The predicted octanol–water partition coefficient (Wildman–Crippen LogP) is 1.19. The van der Waals surface area contributed by atoms with Crippen LogP contribution in [0.2, 0.25) is 0 Å². The zero-order valence-electron chi connectivity index (χ0n) is 8.80. The summed E-state index contributed by atoms with van der Waals surface area (Å²) in [6.07, 6.45) is 6.74. The van der Waals surface area contributed by atoms with Crippen molar-refractivity contribution in [3.63, 3.8) is 0 Å². The normalized spacial score (nSPS) is 38.1. The van der Waals surface area contributed by atoms with Crippen molar-refractivity contribution in [3.05, 3.63) is 0 Å². The lowest BCUT2D eigenvalue weighted by molar-refractivity contribution is -0.0491. The molecule has 1 aliphatic carbocycles. The quantitative estimate of drug-likeness (QED) is 0.667. The molecule has 1 aliphatic heterocycles. The van der Waals surface area contributed by atoms with Crippen LogP contribution in [0.4, 0.5) is 0 Å². The van der Waals surface area contributed by atoms with Crippen LogP contribution in [0.5, 0.6) is 0 Å². The Morgan fingerprint density at radius 3 is 2.36 bits per heavy atom. The van der Waals surface area contributed by atoms with Crippen LogP contribution in [0.25, 0.3) is 0 Å². The number of hydrogen-bond donors (Lipinski definition) is 2. The molecule has 1 saturated carbocycles. The lowest BCUT2D eigenvalue weighted by Gasteiger charge is -2.42. The van der Waals surface area contributed by atoms with E-state index in [-0.39, 0.29) is 5.54 Å². The average Bonchev–Trinajstić information content (AvgIpc) is 2.48. The van der Waals surface area contributed by atoms with Gasteiger partial charge in [-0.3, -0.25) is 0 Å². The molecule has 1 unspecified atom stereocenters. The first-order valence-electron chi connectivity index (χ1n) is 5.75. The number of rotatable bonds is 1. The van der Waals surface area contributed by atoms with Crippen LogP contribution in [0.15, 0.2) is 0 Å². The summed E-state index contributed by atoms with van der Waals surface area (Å²) in [5.41, 5.74) is 5.33. The maximum Gasteiger partial charge on any atom is 0.0849 e. The molecule has 3 heteroatoms. The second-order valence-corrected chi connectivity index (χ2v) is 4.86. The fourth-order valence-corrected chi connectivity index (χ4v) is 2.90. The summed E-state index contributed by atoms with van der Waals surface area (Å²) in [4.78, 5) is 0. The second kappa shape index (κ2) is 3.80. The first-order valence-corrected chi connectivity index (χ1v) is 5.75. The number of hydrogen-bond acceptors (Lipinski definition) is 3. The molecule has 2 fully saturated rings. The van der Waals surface area contributed by atoms with Crippen molar-refractivity contribution in [2.75, 3.05) is 13.2 Å². The molecule has 1 saturated heterocycles. The van der Waals surface area contributed by atoms with Gasteiger partial charge in [-0.05, 0) is 25.7 Å². The summed E-state index contributed by atoms with van der Waals surface area (Å²) in [5.74, 6) is 0. The van der Waals surface area contributed by atoms with Crippen LogP contribution in [0.1, 0.15) is 44.9 Å². The lowest BCUT2D eigenvalue weighted by Crippen LogP contribution is -2.59. The molecule has 1 atom stereocenters. The van der Waals surface area contributed by atoms with E-state index < -0.39 is 5.60 Å². The van der Waals surface area contributed by atoms with Gasteiger partial charge < -0.3 is 15.6 Å². The van der Waals surface area contributed by atoms with Crippen molar-refractivity contribution < 1.29 is 9.84 Å². The van der Waals surface area contributed by atoms with E-state index in [0.717, 1.165) is 32.3 Å². The maximum atomic E-state index is 10.6. The minimum atomic E-state index is -0.667. The van der Waals surface area contributed by atoms with Crippen molar-refractivity contribution in [2.24, 2.45) is 5.73 Å². The van der Waals surface area contributed by atoms with Crippen molar-refractivity contribution in [1.82, 2.24) is 0 Å². The number of ether oxygens (including phenoxy) is 1. The third-order valence-electron chi connectivity index (χ3n) is 3.96. The van der Waals surface area contributed by atoms with Crippen LogP contribution in [0.3, 0.4) is 0 Å². The molecule has 1 heterocycles. The Labute approximate surface area is 85.6 Å². The Kier molecular flexibility index (Phi) is 2.82. The summed E-state index contributed by atoms with van der Waals surface area (Å²) in [6.45, 7) is 1.44. The van der Waals surface area contributed by atoms with Gasteiger partial charge in [0.05, 0.1) is 5.60 Å². The van der Waals surface area contributed by atoms with E-state index in [0.29, 0.717) is 13.0 Å². The highest BCUT2D eigenvalue weighted by Gasteiger charge is 2.48. The largest absolute Gasteiger partial charge is 0.388 e. The van der Waals surface area contributed by atoms with E-state index in [1.54, 1.807) is 0 Å². The van der Waals surface area contributed by atoms with Gasteiger partial charge >= 0.3 is 0 Å². The van der Waals surface area contributed by atoms with Crippen LogP contribution < -0.4 is 5.73 Å². The van der Waals surface area contributed by atoms with Crippen LogP contribution in [-0.4, -0.2) is 29.5 Å². The molecule has 82 valence electrons. The van der Waals surface area contributed by atoms with Crippen molar-refractivity contribution in [2.45, 2.75) is 56.1 Å².